The number of nitrogens with one attached hydrogen (secondary N) is 3. The van der Waals surface area contributed by atoms with Gasteiger partial charge in [-0.3, -0.25) is 25.1 Å². The summed E-state index contributed by atoms with van der Waals surface area (Å²) < 4.78 is 6.74. The van der Waals surface area contributed by atoms with Gasteiger partial charge in [0.2, 0.25) is 0 Å². The molecule has 11 heteroatoms. The van der Waals surface area contributed by atoms with E-state index < -0.39 is 16.6 Å². The van der Waals surface area contributed by atoms with Crippen molar-refractivity contribution in [2.75, 3.05) is 25.5 Å². The van der Waals surface area contributed by atoms with Crippen molar-refractivity contribution in [1.29, 1.82) is 0 Å². The Kier molecular flexibility index (Phi) is 8.35. The predicted octanol–water partition coefficient (Wildman–Crippen LogP) is 2.55. The molecule has 1 heterocycles. The number of benzene rings is 1. The molecule has 0 spiro atoms. The molecule has 0 aliphatic carbocycles. The lowest BCUT2D eigenvalue weighted by Crippen LogP contribution is -2.39. The molecule has 0 aliphatic rings. The first-order valence-corrected chi connectivity index (χ1v) is 9.86. The van der Waals surface area contributed by atoms with Crippen LogP contribution in [0, 0.1) is 10.1 Å². The zero-order valence-corrected chi connectivity index (χ0v) is 18.2. The van der Waals surface area contributed by atoms with Crippen molar-refractivity contribution >= 4 is 23.4 Å². The molecule has 2 aromatic rings. The number of nitro groups is 1. The molecule has 1 aromatic carbocycles. The summed E-state index contributed by atoms with van der Waals surface area (Å²) in [6.07, 6.45) is 2.89. The highest BCUT2D eigenvalue weighted by molar-refractivity contribution is 5.84. The molecule has 168 valence electrons. The largest absolute Gasteiger partial charge is 0.444 e. The van der Waals surface area contributed by atoms with Crippen LogP contribution in [-0.2, 0) is 17.7 Å². The molecule has 0 saturated heterocycles. The number of hydrogen-bond acceptors (Lipinski definition) is 6. The highest BCUT2D eigenvalue weighted by Crippen LogP contribution is 2.13. The van der Waals surface area contributed by atoms with Crippen LogP contribution in [0.5, 0.6) is 0 Å². The number of carbonyl (C=O) groups excluding carboxylic acids is 1. The lowest BCUT2D eigenvalue weighted by Gasteiger charge is -2.19. The minimum Gasteiger partial charge on any atom is -0.444 e. The Hall–Kier alpha value is -3.63. The molecule has 0 aliphatic heterocycles. The number of anilines is 1. The van der Waals surface area contributed by atoms with Gasteiger partial charge in [-0.05, 0) is 44.9 Å². The van der Waals surface area contributed by atoms with Gasteiger partial charge >= 0.3 is 11.8 Å². The molecular weight excluding hydrogens is 402 g/mol. The average molecular weight is 431 g/mol. The summed E-state index contributed by atoms with van der Waals surface area (Å²) in [6, 6.07) is 7.54. The zero-order chi connectivity index (χ0) is 22.9. The topological polar surface area (TPSA) is 136 Å². The van der Waals surface area contributed by atoms with Gasteiger partial charge in [-0.1, -0.05) is 12.1 Å². The van der Waals surface area contributed by atoms with Crippen LogP contribution in [0.2, 0.25) is 0 Å². The van der Waals surface area contributed by atoms with Crippen molar-refractivity contribution in [3.8, 4) is 0 Å². The number of nitrogens with zero attached hydrogens (tertiary/aromatic N) is 4. The minimum atomic E-state index is -0.543. The van der Waals surface area contributed by atoms with Gasteiger partial charge in [-0.15, -0.1) is 0 Å². The van der Waals surface area contributed by atoms with Gasteiger partial charge in [0.05, 0.1) is 11.5 Å². The van der Waals surface area contributed by atoms with Gasteiger partial charge in [-0.2, -0.15) is 5.10 Å². The van der Waals surface area contributed by atoms with Gasteiger partial charge in [0.1, 0.15) is 18.0 Å². The smallest absolute Gasteiger partial charge is 0.412 e. The third-order valence-electron chi connectivity index (χ3n) is 3.99. The van der Waals surface area contributed by atoms with E-state index in [9.17, 15) is 14.9 Å². The summed E-state index contributed by atoms with van der Waals surface area (Å²) in [5.41, 5.74) is 1.19. The summed E-state index contributed by atoms with van der Waals surface area (Å²) >= 11 is 0. The SMILES string of the molecule is CN=C(NCCc1ccc(NC(=O)OC(C)(C)C)cc1)NCCn1cc([N+](=O)[O-])cn1. The first kappa shape index (κ1) is 23.6. The molecule has 3 N–H and O–H groups in total. The maximum Gasteiger partial charge on any atom is 0.412 e. The van der Waals surface area contributed by atoms with Crippen molar-refractivity contribution in [3.63, 3.8) is 0 Å². The van der Waals surface area contributed by atoms with E-state index in [1.807, 2.05) is 45.0 Å². The molecule has 2 rings (SSSR count). The number of guanidine groups is 1. The van der Waals surface area contributed by atoms with Crippen LogP contribution in [0.4, 0.5) is 16.2 Å². The lowest BCUT2D eigenvalue weighted by atomic mass is 10.1. The Balaban J connectivity index is 1.70. The first-order valence-electron chi connectivity index (χ1n) is 9.86. The van der Waals surface area contributed by atoms with E-state index in [0.717, 1.165) is 12.0 Å². The lowest BCUT2D eigenvalue weighted by molar-refractivity contribution is -0.385. The Bertz CT molecular complexity index is 901. The van der Waals surface area contributed by atoms with Crippen molar-refractivity contribution in [2.24, 2.45) is 4.99 Å². The Morgan fingerprint density at radius 1 is 1.23 bits per heavy atom. The molecular formula is C20H29N7O4. The van der Waals surface area contributed by atoms with Gasteiger partial charge in [-0.25, -0.2) is 4.79 Å². The van der Waals surface area contributed by atoms with Crippen molar-refractivity contribution < 1.29 is 14.5 Å². The molecule has 0 fully saturated rings. The number of aliphatic imine (C=N–C) groups is 1. The molecule has 0 bridgehead atoms. The van der Waals surface area contributed by atoms with Gasteiger partial charge in [0.15, 0.2) is 5.96 Å². The minimum absolute atomic E-state index is 0.0326. The maximum atomic E-state index is 11.8. The summed E-state index contributed by atoms with van der Waals surface area (Å²) in [6.45, 7) is 7.09. The monoisotopic (exact) mass is 431 g/mol. The van der Waals surface area contributed by atoms with E-state index in [-0.39, 0.29) is 5.69 Å². The molecule has 31 heavy (non-hydrogen) atoms. The fourth-order valence-electron chi connectivity index (χ4n) is 2.58. The van der Waals surface area contributed by atoms with Gasteiger partial charge in [0.25, 0.3) is 0 Å². The quantitative estimate of drug-likeness (QED) is 0.253. The van der Waals surface area contributed by atoms with E-state index in [4.69, 9.17) is 4.74 Å². The molecule has 0 unspecified atom stereocenters. The number of aromatic nitrogens is 2. The van der Waals surface area contributed by atoms with Gasteiger partial charge < -0.3 is 15.4 Å². The molecule has 0 radical (unpaired) electrons. The van der Waals surface area contributed by atoms with E-state index in [1.54, 1.807) is 7.05 Å². The van der Waals surface area contributed by atoms with Crippen LogP contribution >= 0.6 is 0 Å². The van der Waals surface area contributed by atoms with Crippen LogP contribution in [-0.4, -0.2) is 52.5 Å². The van der Waals surface area contributed by atoms with E-state index in [0.29, 0.717) is 31.3 Å². The summed E-state index contributed by atoms with van der Waals surface area (Å²) in [5.74, 6) is 0.630. The van der Waals surface area contributed by atoms with Crippen molar-refractivity contribution in [2.45, 2.75) is 39.3 Å². The number of amides is 1. The molecule has 11 nitrogen and oxygen atoms in total. The second-order valence-electron chi connectivity index (χ2n) is 7.72. The van der Waals surface area contributed by atoms with Crippen LogP contribution < -0.4 is 16.0 Å². The Labute approximate surface area is 181 Å². The molecule has 1 aromatic heterocycles. The number of hydrogen-bond donors (Lipinski definition) is 3. The second kappa shape index (κ2) is 11.0. The van der Waals surface area contributed by atoms with Crippen LogP contribution in [0.3, 0.4) is 0 Å². The fourth-order valence-corrected chi connectivity index (χ4v) is 2.58. The number of carbonyl (C=O) groups is 1. The number of rotatable bonds is 8. The number of ether oxygens (including phenoxy) is 1. The molecule has 0 saturated carbocycles. The van der Waals surface area contributed by atoms with Crippen LogP contribution in [0.15, 0.2) is 41.7 Å². The highest BCUT2D eigenvalue weighted by Gasteiger charge is 2.16. The standard InChI is InChI=1S/C20H29N7O4/c1-20(2,3)31-19(28)25-16-7-5-15(6-8-16)9-10-22-18(21-4)23-11-12-26-14-17(13-24-26)27(29)30/h5-8,13-14H,9-12H2,1-4H3,(H,25,28)(H2,21,22,23). The summed E-state index contributed by atoms with van der Waals surface area (Å²) in [5, 5.41) is 23.7. The first-order chi connectivity index (χ1) is 14.7. The summed E-state index contributed by atoms with van der Waals surface area (Å²) in [4.78, 5) is 26.2. The van der Waals surface area contributed by atoms with E-state index in [2.05, 4.69) is 26.0 Å². The Morgan fingerprint density at radius 3 is 2.48 bits per heavy atom. The van der Waals surface area contributed by atoms with Crippen LogP contribution in [0.25, 0.3) is 0 Å². The third kappa shape index (κ3) is 8.72. The normalized spacial score (nSPS) is 11.7. The zero-order valence-electron chi connectivity index (χ0n) is 18.2. The maximum absolute atomic E-state index is 11.8. The molecule has 0 atom stereocenters. The average Bonchev–Trinajstić information content (AvgIpc) is 3.16. The third-order valence-corrected chi connectivity index (χ3v) is 3.99. The van der Waals surface area contributed by atoms with Crippen LogP contribution in [0.1, 0.15) is 26.3 Å². The van der Waals surface area contributed by atoms with E-state index >= 15 is 0 Å². The fraction of sp³-hybridized carbons (Fsp3) is 0.450. The summed E-state index contributed by atoms with van der Waals surface area (Å²) in [7, 11) is 1.67. The van der Waals surface area contributed by atoms with Crippen molar-refractivity contribution in [1.82, 2.24) is 20.4 Å². The van der Waals surface area contributed by atoms with E-state index in [1.165, 1.54) is 17.1 Å². The predicted molar refractivity (Wildman–Crippen MR) is 118 cm³/mol. The Morgan fingerprint density at radius 2 is 1.90 bits per heavy atom. The van der Waals surface area contributed by atoms with Gasteiger partial charge in [0, 0.05) is 25.8 Å². The van der Waals surface area contributed by atoms with Crippen molar-refractivity contribution in [3.05, 3.63) is 52.3 Å². The highest BCUT2D eigenvalue weighted by atomic mass is 16.6. The molecule has 1 amide bonds. The second-order valence-corrected chi connectivity index (χ2v) is 7.72.